The van der Waals surface area contributed by atoms with Crippen molar-refractivity contribution in [1.29, 1.82) is 0 Å². The van der Waals surface area contributed by atoms with Gasteiger partial charge in [0, 0.05) is 17.1 Å². The first-order chi connectivity index (χ1) is 6.83. The molecule has 0 amide bonds. The molecule has 0 aliphatic rings. The molecule has 1 aromatic carbocycles. The van der Waals surface area contributed by atoms with E-state index in [1.165, 1.54) is 0 Å². The molecule has 0 saturated carbocycles. The Morgan fingerprint density at radius 3 is 2.86 bits per heavy atom. The molecule has 14 heavy (non-hydrogen) atoms. The van der Waals surface area contributed by atoms with Crippen LogP contribution < -0.4 is 4.74 Å². The van der Waals surface area contributed by atoms with Crippen LogP contribution in [0.2, 0.25) is 0 Å². The number of hydrogen-bond acceptors (Lipinski definition) is 2. The summed E-state index contributed by atoms with van der Waals surface area (Å²) in [6.07, 6.45) is 1.85. The molecule has 0 fully saturated rings. The Morgan fingerprint density at radius 1 is 1.29 bits per heavy atom. The van der Waals surface area contributed by atoms with Gasteiger partial charge in [0.1, 0.15) is 5.75 Å². The second kappa shape index (κ2) is 3.66. The Balaban J connectivity index is 2.69. The Morgan fingerprint density at radius 2 is 2.07 bits per heavy atom. The van der Waals surface area contributed by atoms with Gasteiger partial charge in [-0.3, -0.25) is 4.98 Å². The molecule has 0 N–H and O–H groups in total. The lowest BCUT2D eigenvalue weighted by molar-refractivity contribution is 0.342. The summed E-state index contributed by atoms with van der Waals surface area (Å²) >= 11 is 0. The Labute approximate surface area is 83.5 Å². The van der Waals surface area contributed by atoms with E-state index < -0.39 is 0 Å². The number of rotatable bonds is 2. The second-order valence-electron chi connectivity index (χ2n) is 3.22. The molecule has 2 nitrogen and oxygen atoms in total. The summed E-state index contributed by atoms with van der Waals surface area (Å²) in [7, 11) is 0. The first-order valence-corrected chi connectivity index (χ1v) is 4.80. The monoisotopic (exact) mass is 187 g/mol. The second-order valence-corrected chi connectivity index (χ2v) is 3.22. The van der Waals surface area contributed by atoms with Crippen molar-refractivity contribution in [2.45, 2.75) is 13.8 Å². The zero-order valence-electron chi connectivity index (χ0n) is 8.45. The molecule has 2 rings (SSSR count). The summed E-state index contributed by atoms with van der Waals surface area (Å²) in [5.74, 6) is 0.957. The van der Waals surface area contributed by atoms with E-state index in [2.05, 4.69) is 4.98 Å². The molecule has 2 aromatic rings. The standard InChI is InChI=1S/C12H13NO/c1-3-14-12-9(2)8-13-11-7-5-4-6-10(11)12/h4-8H,3H2,1-2H3. The third-order valence-electron chi connectivity index (χ3n) is 2.19. The maximum atomic E-state index is 5.61. The highest BCUT2D eigenvalue weighted by Crippen LogP contribution is 2.27. The minimum Gasteiger partial charge on any atom is -0.493 e. The van der Waals surface area contributed by atoms with Crippen LogP contribution in [-0.4, -0.2) is 11.6 Å². The number of para-hydroxylation sites is 1. The van der Waals surface area contributed by atoms with Crippen LogP contribution in [0.15, 0.2) is 30.5 Å². The molecule has 0 aliphatic heterocycles. The lowest BCUT2D eigenvalue weighted by Crippen LogP contribution is -1.96. The van der Waals surface area contributed by atoms with Gasteiger partial charge in [-0.15, -0.1) is 0 Å². The summed E-state index contributed by atoms with van der Waals surface area (Å²) < 4.78 is 5.61. The normalized spacial score (nSPS) is 10.4. The minimum absolute atomic E-state index is 0.689. The minimum atomic E-state index is 0.689. The highest BCUT2D eigenvalue weighted by Gasteiger charge is 2.05. The van der Waals surface area contributed by atoms with Gasteiger partial charge in [0.2, 0.25) is 0 Å². The summed E-state index contributed by atoms with van der Waals surface area (Å²) in [5, 5.41) is 1.09. The highest BCUT2D eigenvalue weighted by atomic mass is 16.5. The molecule has 1 heterocycles. The fraction of sp³-hybridized carbons (Fsp3) is 0.250. The summed E-state index contributed by atoms with van der Waals surface area (Å²) in [6.45, 7) is 4.70. The van der Waals surface area contributed by atoms with Gasteiger partial charge < -0.3 is 4.74 Å². The zero-order chi connectivity index (χ0) is 9.97. The maximum Gasteiger partial charge on any atom is 0.133 e. The van der Waals surface area contributed by atoms with E-state index >= 15 is 0 Å². The lowest BCUT2D eigenvalue weighted by Gasteiger charge is -2.09. The Hall–Kier alpha value is -1.57. The average Bonchev–Trinajstić information content (AvgIpc) is 2.23. The highest BCUT2D eigenvalue weighted by molar-refractivity contribution is 5.85. The molecule has 0 atom stereocenters. The first-order valence-electron chi connectivity index (χ1n) is 4.80. The predicted octanol–water partition coefficient (Wildman–Crippen LogP) is 2.94. The maximum absolute atomic E-state index is 5.61. The fourth-order valence-electron chi connectivity index (χ4n) is 1.55. The van der Waals surface area contributed by atoms with Gasteiger partial charge in [0.25, 0.3) is 0 Å². The molecule has 0 unspecified atom stereocenters. The molecule has 0 saturated heterocycles. The number of nitrogens with zero attached hydrogens (tertiary/aromatic N) is 1. The first kappa shape index (κ1) is 9.00. The van der Waals surface area contributed by atoms with Crippen molar-refractivity contribution in [2.75, 3.05) is 6.61 Å². The summed E-state index contributed by atoms with van der Waals surface area (Å²) in [4.78, 5) is 4.34. The van der Waals surface area contributed by atoms with Crippen LogP contribution in [0.4, 0.5) is 0 Å². The molecule has 0 radical (unpaired) electrons. The van der Waals surface area contributed by atoms with Crippen molar-refractivity contribution in [1.82, 2.24) is 4.98 Å². The van der Waals surface area contributed by atoms with Gasteiger partial charge in [0.15, 0.2) is 0 Å². The zero-order valence-corrected chi connectivity index (χ0v) is 8.45. The van der Waals surface area contributed by atoms with Crippen LogP contribution in [0, 0.1) is 6.92 Å². The van der Waals surface area contributed by atoms with Crippen molar-refractivity contribution in [2.24, 2.45) is 0 Å². The SMILES string of the molecule is CCOc1c(C)cnc2ccccc12. The predicted molar refractivity (Wildman–Crippen MR) is 57.6 cm³/mol. The van der Waals surface area contributed by atoms with Gasteiger partial charge in [-0.2, -0.15) is 0 Å². The van der Waals surface area contributed by atoms with E-state index in [9.17, 15) is 0 Å². The van der Waals surface area contributed by atoms with Crippen LogP contribution in [0.1, 0.15) is 12.5 Å². The number of fused-ring (bicyclic) bond motifs is 1. The fourth-order valence-corrected chi connectivity index (χ4v) is 1.55. The van der Waals surface area contributed by atoms with Gasteiger partial charge >= 0.3 is 0 Å². The van der Waals surface area contributed by atoms with E-state index in [-0.39, 0.29) is 0 Å². The molecular formula is C12H13NO. The van der Waals surface area contributed by atoms with E-state index in [1.54, 1.807) is 0 Å². The quantitative estimate of drug-likeness (QED) is 0.721. The molecule has 0 bridgehead atoms. The topological polar surface area (TPSA) is 22.1 Å². The Bertz CT molecular complexity index is 451. The van der Waals surface area contributed by atoms with Crippen molar-refractivity contribution < 1.29 is 4.74 Å². The average molecular weight is 187 g/mol. The summed E-state index contributed by atoms with van der Waals surface area (Å²) in [6, 6.07) is 8.03. The smallest absolute Gasteiger partial charge is 0.133 e. The molecule has 2 heteroatoms. The third kappa shape index (κ3) is 1.43. The van der Waals surface area contributed by atoms with Crippen molar-refractivity contribution in [3.05, 3.63) is 36.0 Å². The van der Waals surface area contributed by atoms with Gasteiger partial charge in [-0.1, -0.05) is 12.1 Å². The lowest BCUT2D eigenvalue weighted by atomic mass is 10.1. The van der Waals surface area contributed by atoms with E-state index in [0.29, 0.717) is 6.61 Å². The van der Waals surface area contributed by atoms with Crippen molar-refractivity contribution >= 4 is 10.9 Å². The van der Waals surface area contributed by atoms with E-state index in [0.717, 1.165) is 22.2 Å². The Kier molecular flexibility index (Phi) is 2.35. The number of aromatic nitrogens is 1. The van der Waals surface area contributed by atoms with Gasteiger partial charge in [-0.25, -0.2) is 0 Å². The van der Waals surface area contributed by atoms with Crippen molar-refractivity contribution in [3.63, 3.8) is 0 Å². The number of benzene rings is 1. The molecule has 72 valence electrons. The van der Waals surface area contributed by atoms with Crippen molar-refractivity contribution in [3.8, 4) is 5.75 Å². The van der Waals surface area contributed by atoms with Crippen LogP contribution >= 0.6 is 0 Å². The van der Waals surface area contributed by atoms with Crippen LogP contribution in [0.5, 0.6) is 5.75 Å². The third-order valence-corrected chi connectivity index (χ3v) is 2.19. The summed E-state index contributed by atoms with van der Waals surface area (Å²) in [5.41, 5.74) is 2.08. The molecule has 1 aromatic heterocycles. The van der Waals surface area contributed by atoms with Crippen LogP contribution in [0.25, 0.3) is 10.9 Å². The number of hydrogen-bond donors (Lipinski definition) is 0. The number of aryl methyl sites for hydroxylation is 1. The molecule has 0 spiro atoms. The molecular weight excluding hydrogens is 174 g/mol. The van der Waals surface area contributed by atoms with E-state index in [1.807, 2.05) is 44.3 Å². The van der Waals surface area contributed by atoms with Crippen LogP contribution in [-0.2, 0) is 0 Å². The largest absolute Gasteiger partial charge is 0.493 e. The van der Waals surface area contributed by atoms with Gasteiger partial charge in [0.05, 0.1) is 12.1 Å². The van der Waals surface area contributed by atoms with Gasteiger partial charge in [-0.05, 0) is 26.0 Å². The number of ether oxygens (including phenoxy) is 1. The molecule has 0 aliphatic carbocycles. The van der Waals surface area contributed by atoms with Crippen LogP contribution in [0.3, 0.4) is 0 Å². The van der Waals surface area contributed by atoms with E-state index in [4.69, 9.17) is 4.74 Å². The number of pyridine rings is 1.